The first kappa shape index (κ1) is 17.4. The third-order valence-corrected chi connectivity index (χ3v) is 3.39. The standard InChI is InChI=1S/C11H12F4N2O3S/c1-6-4-7(5-8(9(6)12)21(16,19)20)10(18)17-3-2-11(13,14)15/h4-5H,2-3H2,1H3,(H,17,18)(H2,16,19,20). The van der Waals surface area contributed by atoms with Gasteiger partial charge in [-0.2, -0.15) is 13.2 Å². The van der Waals surface area contributed by atoms with E-state index in [1.165, 1.54) is 6.92 Å². The number of carbonyl (C=O) groups excluding carboxylic acids is 1. The fourth-order valence-electron chi connectivity index (χ4n) is 1.50. The Morgan fingerprint density at radius 1 is 1.33 bits per heavy atom. The molecule has 0 aliphatic carbocycles. The van der Waals surface area contributed by atoms with E-state index in [1.807, 2.05) is 5.32 Å². The number of amides is 1. The molecule has 0 bridgehead atoms. The molecule has 0 unspecified atom stereocenters. The van der Waals surface area contributed by atoms with E-state index in [4.69, 9.17) is 5.14 Å². The summed E-state index contributed by atoms with van der Waals surface area (Å²) >= 11 is 0. The van der Waals surface area contributed by atoms with Crippen LogP contribution in [0.3, 0.4) is 0 Å². The van der Waals surface area contributed by atoms with Gasteiger partial charge < -0.3 is 5.32 Å². The van der Waals surface area contributed by atoms with Crippen LogP contribution in [0.4, 0.5) is 17.6 Å². The average molecular weight is 328 g/mol. The Bertz CT molecular complexity index is 656. The highest BCUT2D eigenvalue weighted by molar-refractivity contribution is 7.89. The number of aryl methyl sites for hydroxylation is 1. The Morgan fingerprint density at radius 3 is 2.38 bits per heavy atom. The molecule has 0 spiro atoms. The largest absolute Gasteiger partial charge is 0.390 e. The molecular formula is C11H12F4N2O3S. The van der Waals surface area contributed by atoms with E-state index >= 15 is 0 Å². The third-order valence-electron chi connectivity index (χ3n) is 2.48. The van der Waals surface area contributed by atoms with Gasteiger partial charge in [0.25, 0.3) is 5.91 Å². The summed E-state index contributed by atoms with van der Waals surface area (Å²) < 4.78 is 71.8. The third kappa shape index (κ3) is 4.97. The molecule has 1 amide bonds. The number of carbonyl (C=O) groups is 1. The van der Waals surface area contributed by atoms with Gasteiger partial charge in [0.05, 0.1) is 6.42 Å². The van der Waals surface area contributed by atoms with Crippen LogP contribution < -0.4 is 10.5 Å². The molecule has 0 fully saturated rings. The lowest BCUT2D eigenvalue weighted by Crippen LogP contribution is -2.28. The summed E-state index contributed by atoms with van der Waals surface area (Å²) in [5.41, 5.74) is -0.456. The minimum Gasteiger partial charge on any atom is -0.352 e. The van der Waals surface area contributed by atoms with Gasteiger partial charge >= 0.3 is 6.18 Å². The Labute approximate surface area is 118 Å². The van der Waals surface area contributed by atoms with Gasteiger partial charge in [-0.1, -0.05) is 0 Å². The molecule has 5 nitrogen and oxygen atoms in total. The fourth-order valence-corrected chi connectivity index (χ4v) is 2.20. The zero-order chi connectivity index (χ0) is 16.4. The lowest BCUT2D eigenvalue weighted by Gasteiger charge is -2.10. The van der Waals surface area contributed by atoms with Gasteiger partial charge in [-0.25, -0.2) is 17.9 Å². The van der Waals surface area contributed by atoms with Gasteiger partial charge in [-0.3, -0.25) is 4.79 Å². The van der Waals surface area contributed by atoms with Crippen molar-refractivity contribution in [3.63, 3.8) is 0 Å². The SMILES string of the molecule is Cc1cc(C(=O)NCCC(F)(F)F)cc(S(N)(=O)=O)c1F. The number of benzene rings is 1. The molecule has 0 aromatic heterocycles. The number of alkyl halides is 3. The van der Waals surface area contributed by atoms with Gasteiger partial charge in [0.1, 0.15) is 10.7 Å². The number of halogens is 4. The van der Waals surface area contributed by atoms with E-state index in [0.717, 1.165) is 6.07 Å². The molecule has 21 heavy (non-hydrogen) atoms. The van der Waals surface area contributed by atoms with Gasteiger partial charge in [0.15, 0.2) is 0 Å². The van der Waals surface area contributed by atoms with E-state index in [9.17, 15) is 30.8 Å². The predicted octanol–water partition coefficient (Wildman–Crippen LogP) is 1.46. The van der Waals surface area contributed by atoms with Crippen LogP contribution in [0.5, 0.6) is 0 Å². The first-order chi connectivity index (χ1) is 9.42. The maximum atomic E-state index is 13.6. The van der Waals surface area contributed by atoms with Crippen LogP contribution in [-0.4, -0.2) is 27.0 Å². The Balaban J connectivity index is 2.99. The summed E-state index contributed by atoms with van der Waals surface area (Å²) in [7, 11) is -4.39. The summed E-state index contributed by atoms with van der Waals surface area (Å²) in [5, 5.41) is 6.77. The molecule has 0 aliphatic rings. The Hall–Kier alpha value is -1.68. The molecule has 0 heterocycles. The number of nitrogens with one attached hydrogen (secondary N) is 1. The number of sulfonamides is 1. The second kappa shape index (κ2) is 5.98. The molecule has 0 saturated carbocycles. The molecular weight excluding hydrogens is 316 g/mol. The predicted molar refractivity (Wildman–Crippen MR) is 65.5 cm³/mol. The molecule has 0 atom stereocenters. The van der Waals surface area contributed by atoms with E-state index in [-0.39, 0.29) is 11.1 Å². The van der Waals surface area contributed by atoms with Crippen molar-refractivity contribution in [2.75, 3.05) is 6.54 Å². The zero-order valence-corrected chi connectivity index (χ0v) is 11.6. The zero-order valence-electron chi connectivity index (χ0n) is 10.8. The first-order valence-corrected chi connectivity index (χ1v) is 7.14. The van der Waals surface area contributed by atoms with E-state index in [0.29, 0.717) is 6.07 Å². The van der Waals surface area contributed by atoms with Crippen molar-refractivity contribution in [3.05, 3.63) is 29.1 Å². The first-order valence-electron chi connectivity index (χ1n) is 5.60. The summed E-state index contributed by atoms with van der Waals surface area (Å²) in [6.07, 6.45) is -5.67. The lowest BCUT2D eigenvalue weighted by atomic mass is 10.1. The average Bonchev–Trinajstić information content (AvgIpc) is 2.29. The fraction of sp³-hybridized carbons (Fsp3) is 0.364. The van der Waals surface area contributed by atoms with Crippen molar-refractivity contribution < 1.29 is 30.8 Å². The van der Waals surface area contributed by atoms with Crippen LogP contribution in [0.1, 0.15) is 22.3 Å². The molecule has 118 valence electrons. The molecule has 3 N–H and O–H groups in total. The summed E-state index contributed by atoms with van der Waals surface area (Å²) in [5.74, 6) is -2.06. The molecule has 1 aromatic rings. The normalized spacial score (nSPS) is 12.3. The Morgan fingerprint density at radius 2 is 1.90 bits per heavy atom. The highest BCUT2D eigenvalue weighted by atomic mass is 32.2. The maximum absolute atomic E-state index is 13.6. The lowest BCUT2D eigenvalue weighted by molar-refractivity contribution is -0.132. The van der Waals surface area contributed by atoms with Crippen molar-refractivity contribution in [2.45, 2.75) is 24.4 Å². The summed E-state index contributed by atoms with van der Waals surface area (Å²) in [6.45, 7) is 0.528. The minimum atomic E-state index is -4.43. The molecule has 0 aliphatic heterocycles. The van der Waals surface area contributed by atoms with E-state index in [2.05, 4.69) is 0 Å². The number of nitrogens with two attached hydrogens (primary N) is 1. The second-order valence-corrected chi connectivity index (χ2v) is 5.80. The molecule has 0 saturated heterocycles. The van der Waals surface area contributed by atoms with Crippen LogP contribution in [0.15, 0.2) is 17.0 Å². The van der Waals surface area contributed by atoms with Gasteiger partial charge in [-0.05, 0) is 24.6 Å². The Kier molecular flexibility index (Phi) is 4.95. The quantitative estimate of drug-likeness (QED) is 0.820. The monoisotopic (exact) mass is 328 g/mol. The molecule has 1 rings (SSSR count). The van der Waals surface area contributed by atoms with E-state index < -0.39 is 45.8 Å². The summed E-state index contributed by atoms with van der Waals surface area (Å²) in [6, 6.07) is 1.70. The number of primary sulfonamides is 1. The van der Waals surface area contributed by atoms with Crippen molar-refractivity contribution in [1.29, 1.82) is 0 Å². The highest BCUT2D eigenvalue weighted by Gasteiger charge is 2.27. The second-order valence-electron chi connectivity index (χ2n) is 4.27. The topological polar surface area (TPSA) is 89.3 Å². The number of hydrogen-bond acceptors (Lipinski definition) is 3. The van der Waals surface area contributed by atoms with Crippen LogP contribution >= 0.6 is 0 Å². The molecule has 1 aromatic carbocycles. The van der Waals surface area contributed by atoms with Gasteiger partial charge in [0.2, 0.25) is 10.0 Å². The van der Waals surface area contributed by atoms with Crippen LogP contribution in [-0.2, 0) is 10.0 Å². The van der Waals surface area contributed by atoms with Crippen LogP contribution in [0.2, 0.25) is 0 Å². The van der Waals surface area contributed by atoms with Gasteiger partial charge in [0, 0.05) is 12.1 Å². The highest BCUT2D eigenvalue weighted by Crippen LogP contribution is 2.20. The van der Waals surface area contributed by atoms with Crippen molar-refractivity contribution >= 4 is 15.9 Å². The maximum Gasteiger partial charge on any atom is 0.390 e. The van der Waals surface area contributed by atoms with Crippen molar-refractivity contribution in [1.82, 2.24) is 5.32 Å². The van der Waals surface area contributed by atoms with Crippen molar-refractivity contribution in [3.8, 4) is 0 Å². The molecule has 10 heteroatoms. The molecule has 0 radical (unpaired) electrons. The van der Waals surface area contributed by atoms with E-state index in [1.54, 1.807) is 0 Å². The number of rotatable bonds is 4. The minimum absolute atomic E-state index is 0.164. The van der Waals surface area contributed by atoms with Crippen LogP contribution in [0.25, 0.3) is 0 Å². The van der Waals surface area contributed by atoms with Crippen molar-refractivity contribution in [2.24, 2.45) is 5.14 Å². The van der Waals surface area contributed by atoms with Gasteiger partial charge in [-0.15, -0.1) is 0 Å². The summed E-state index contributed by atoms with van der Waals surface area (Å²) in [4.78, 5) is 10.8. The number of hydrogen-bond donors (Lipinski definition) is 2. The van der Waals surface area contributed by atoms with Crippen LogP contribution in [0, 0.1) is 12.7 Å². The smallest absolute Gasteiger partial charge is 0.352 e.